The normalized spacial score (nSPS) is 15.8. The zero-order valence-electron chi connectivity index (χ0n) is 19.5. The van der Waals surface area contributed by atoms with Gasteiger partial charge in [-0.05, 0) is 41.6 Å². The molecule has 1 unspecified atom stereocenters. The van der Waals surface area contributed by atoms with Gasteiger partial charge in [-0.1, -0.05) is 47.6 Å². The van der Waals surface area contributed by atoms with Crippen molar-refractivity contribution in [2.75, 3.05) is 14.2 Å². The number of ether oxygens (including phenoxy) is 2. The van der Waals surface area contributed by atoms with Gasteiger partial charge in [-0.15, -0.1) is 11.3 Å². The summed E-state index contributed by atoms with van der Waals surface area (Å²) in [5.41, 5.74) is 3.31. The van der Waals surface area contributed by atoms with Crippen LogP contribution in [0.25, 0.3) is 16.3 Å². The maximum atomic E-state index is 13.3. The maximum Gasteiger partial charge on any atom is 0.322 e. The van der Waals surface area contributed by atoms with E-state index in [9.17, 15) is 4.79 Å². The Morgan fingerprint density at radius 1 is 1.06 bits per heavy atom. The molecule has 0 saturated heterocycles. The predicted molar refractivity (Wildman–Crippen MR) is 133 cm³/mol. The number of thiophene rings is 1. The third-order valence-corrected chi connectivity index (χ3v) is 6.78. The lowest BCUT2D eigenvalue weighted by Gasteiger charge is -2.35. The molecule has 1 atom stereocenters. The molecule has 1 N–H and O–H groups in total. The number of hydrogen-bond acceptors (Lipinski definition) is 7. The molecule has 0 saturated carbocycles. The topological polar surface area (TPSA) is 89.7 Å². The standard InChI is InChI=1S/C26H24N4O4S/c1-16-22(25-28-24(29-34-25)21-10-7-13-35-21)23(18-8-5-4-6-9-18)27-26(31)30(16)15-17-11-12-19(32-2)20(14-17)33-3/h4-14,23H,15H2,1-3H3,(H,27,31). The minimum absolute atomic E-state index is 0.215. The average Bonchev–Trinajstić information content (AvgIpc) is 3.59. The fourth-order valence-corrected chi connectivity index (χ4v) is 4.79. The summed E-state index contributed by atoms with van der Waals surface area (Å²) in [6.45, 7) is 2.23. The first-order chi connectivity index (χ1) is 17.1. The minimum Gasteiger partial charge on any atom is -0.493 e. The molecule has 1 aliphatic heterocycles. The molecule has 2 aromatic heterocycles. The number of rotatable bonds is 7. The number of methoxy groups -OCH3 is 2. The Labute approximate surface area is 206 Å². The SMILES string of the molecule is COc1ccc(CN2C(=O)NC(c3ccccc3)C(c3nc(-c4cccs4)no3)=C2C)cc1OC. The third kappa shape index (κ3) is 4.38. The second kappa shape index (κ2) is 9.63. The van der Waals surface area contributed by atoms with Gasteiger partial charge in [0.1, 0.15) is 0 Å². The van der Waals surface area contributed by atoms with Gasteiger partial charge in [0, 0.05) is 5.70 Å². The molecule has 0 radical (unpaired) electrons. The van der Waals surface area contributed by atoms with Crippen molar-refractivity contribution in [3.8, 4) is 22.2 Å². The van der Waals surface area contributed by atoms with Gasteiger partial charge in [0.25, 0.3) is 5.89 Å². The number of aromatic nitrogens is 2. The van der Waals surface area contributed by atoms with Gasteiger partial charge in [0.2, 0.25) is 5.82 Å². The van der Waals surface area contributed by atoms with E-state index in [1.165, 1.54) is 11.3 Å². The number of allylic oxidation sites excluding steroid dienone is 1. The summed E-state index contributed by atoms with van der Waals surface area (Å²) in [6.07, 6.45) is 0. The quantitative estimate of drug-likeness (QED) is 0.369. The zero-order chi connectivity index (χ0) is 24.4. The molecular formula is C26H24N4O4S. The lowest BCUT2D eigenvalue weighted by Crippen LogP contribution is -2.45. The number of hydrogen-bond donors (Lipinski definition) is 1. The fraction of sp³-hybridized carbons (Fsp3) is 0.192. The molecule has 0 fully saturated rings. The van der Waals surface area contributed by atoms with Crippen molar-refractivity contribution in [2.24, 2.45) is 0 Å². The van der Waals surface area contributed by atoms with Crippen molar-refractivity contribution in [2.45, 2.75) is 19.5 Å². The van der Waals surface area contributed by atoms with E-state index >= 15 is 0 Å². The van der Waals surface area contributed by atoms with E-state index in [-0.39, 0.29) is 6.03 Å². The number of carbonyl (C=O) groups excluding carboxylic acids is 1. The highest BCUT2D eigenvalue weighted by atomic mass is 32.1. The molecular weight excluding hydrogens is 464 g/mol. The second-order valence-electron chi connectivity index (χ2n) is 7.97. The van der Waals surface area contributed by atoms with Crippen LogP contribution < -0.4 is 14.8 Å². The monoisotopic (exact) mass is 488 g/mol. The van der Waals surface area contributed by atoms with Crippen LogP contribution in [0.3, 0.4) is 0 Å². The highest BCUT2D eigenvalue weighted by molar-refractivity contribution is 7.13. The number of nitrogens with one attached hydrogen (secondary N) is 1. The summed E-state index contributed by atoms with van der Waals surface area (Å²) in [7, 11) is 3.18. The smallest absolute Gasteiger partial charge is 0.322 e. The van der Waals surface area contributed by atoms with E-state index in [1.54, 1.807) is 19.1 Å². The van der Waals surface area contributed by atoms with Crippen molar-refractivity contribution in [3.05, 3.63) is 88.8 Å². The van der Waals surface area contributed by atoms with Gasteiger partial charge in [-0.2, -0.15) is 4.98 Å². The van der Waals surface area contributed by atoms with Crippen molar-refractivity contribution < 1.29 is 18.8 Å². The Morgan fingerprint density at radius 3 is 2.57 bits per heavy atom. The van der Waals surface area contributed by atoms with E-state index in [0.29, 0.717) is 29.8 Å². The molecule has 178 valence electrons. The van der Waals surface area contributed by atoms with Gasteiger partial charge >= 0.3 is 6.03 Å². The van der Waals surface area contributed by atoms with Crippen LogP contribution in [-0.4, -0.2) is 35.3 Å². The van der Waals surface area contributed by atoms with E-state index < -0.39 is 6.04 Å². The highest BCUT2D eigenvalue weighted by Crippen LogP contribution is 2.38. The molecule has 4 aromatic rings. The molecule has 8 nitrogen and oxygen atoms in total. The Kier molecular flexibility index (Phi) is 6.24. The summed E-state index contributed by atoms with van der Waals surface area (Å²) >= 11 is 1.54. The van der Waals surface area contributed by atoms with Crippen LogP contribution in [-0.2, 0) is 6.54 Å². The Morgan fingerprint density at radius 2 is 1.86 bits per heavy atom. The van der Waals surface area contributed by atoms with E-state index in [0.717, 1.165) is 27.3 Å². The van der Waals surface area contributed by atoms with E-state index in [4.69, 9.17) is 14.0 Å². The number of urea groups is 1. The van der Waals surface area contributed by atoms with Gasteiger partial charge in [0.15, 0.2) is 11.5 Å². The van der Waals surface area contributed by atoms with Crippen molar-refractivity contribution in [1.82, 2.24) is 20.4 Å². The van der Waals surface area contributed by atoms with Gasteiger partial charge in [-0.25, -0.2) is 4.79 Å². The van der Waals surface area contributed by atoms with Crippen LogP contribution in [0.4, 0.5) is 4.79 Å². The van der Waals surface area contributed by atoms with E-state index in [2.05, 4.69) is 15.5 Å². The molecule has 0 aliphatic carbocycles. The van der Waals surface area contributed by atoms with Crippen molar-refractivity contribution >= 4 is 22.9 Å². The average molecular weight is 489 g/mol. The summed E-state index contributed by atoms with van der Waals surface area (Å²) in [4.78, 5) is 20.6. The first-order valence-electron chi connectivity index (χ1n) is 11.0. The number of amides is 2. The van der Waals surface area contributed by atoms with Gasteiger partial charge in [0.05, 0.1) is 37.3 Å². The number of benzene rings is 2. The number of nitrogens with zero attached hydrogens (tertiary/aromatic N) is 3. The summed E-state index contributed by atoms with van der Waals surface area (Å²) in [5, 5.41) is 9.29. The molecule has 2 amide bonds. The first kappa shape index (κ1) is 22.7. The second-order valence-corrected chi connectivity index (χ2v) is 8.92. The minimum atomic E-state index is -0.429. The van der Waals surface area contributed by atoms with Crippen molar-refractivity contribution in [3.63, 3.8) is 0 Å². The van der Waals surface area contributed by atoms with Crippen LogP contribution in [0, 0.1) is 0 Å². The summed E-state index contributed by atoms with van der Waals surface area (Å²) in [6, 6.07) is 18.6. The van der Waals surface area contributed by atoms with Crippen LogP contribution in [0.1, 0.15) is 30.0 Å². The molecule has 1 aliphatic rings. The van der Waals surface area contributed by atoms with Crippen LogP contribution >= 0.6 is 11.3 Å². The highest BCUT2D eigenvalue weighted by Gasteiger charge is 2.35. The molecule has 35 heavy (non-hydrogen) atoms. The lowest BCUT2D eigenvalue weighted by molar-refractivity contribution is 0.203. The van der Waals surface area contributed by atoms with E-state index in [1.807, 2.05) is 73.0 Å². The first-order valence-corrected chi connectivity index (χ1v) is 11.9. The predicted octanol–water partition coefficient (Wildman–Crippen LogP) is 5.51. The van der Waals surface area contributed by atoms with Crippen LogP contribution in [0.5, 0.6) is 11.5 Å². The van der Waals surface area contributed by atoms with Crippen LogP contribution in [0.15, 0.2) is 76.3 Å². The number of carbonyl (C=O) groups is 1. The Hall–Kier alpha value is -4.11. The zero-order valence-corrected chi connectivity index (χ0v) is 20.3. The third-order valence-electron chi connectivity index (χ3n) is 5.92. The Balaban J connectivity index is 1.57. The lowest BCUT2D eigenvalue weighted by atomic mass is 9.94. The summed E-state index contributed by atoms with van der Waals surface area (Å²) in [5.74, 6) is 2.12. The fourth-order valence-electron chi connectivity index (χ4n) is 4.14. The van der Waals surface area contributed by atoms with Crippen LogP contribution in [0.2, 0.25) is 0 Å². The molecule has 2 aromatic carbocycles. The largest absolute Gasteiger partial charge is 0.493 e. The van der Waals surface area contributed by atoms with Crippen molar-refractivity contribution in [1.29, 1.82) is 0 Å². The summed E-state index contributed by atoms with van der Waals surface area (Å²) < 4.78 is 16.5. The maximum absolute atomic E-state index is 13.3. The molecule has 3 heterocycles. The molecule has 5 rings (SSSR count). The molecule has 9 heteroatoms. The molecule has 0 spiro atoms. The molecule has 0 bridgehead atoms. The van der Waals surface area contributed by atoms with Gasteiger partial charge in [-0.3, -0.25) is 4.90 Å². The van der Waals surface area contributed by atoms with Gasteiger partial charge < -0.3 is 19.3 Å². The Bertz CT molecular complexity index is 1370.